The van der Waals surface area contributed by atoms with Gasteiger partial charge in [-0.05, 0) is 62.6 Å². The lowest BCUT2D eigenvalue weighted by Gasteiger charge is -2.27. The summed E-state index contributed by atoms with van der Waals surface area (Å²) in [4.78, 5) is 31.8. The van der Waals surface area contributed by atoms with Crippen molar-refractivity contribution in [2.45, 2.75) is 64.3 Å². The quantitative estimate of drug-likeness (QED) is 0.459. The van der Waals surface area contributed by atoms with E-state index in [1.807, 2.05) is 11.1 Å². The molecule has 3 aromatic rings. The first kappa shape index (κ1) is 22.3. The van der Waals surface area contributed by atoms with Gasteiger partial charge in [-0.15, -0.1) is 0 Å². The first-order valence-corrected chi connectivity index (χ1v) is 12.0. The van der Waals surface area contributed by atoms with Gasteiger partial charge in [-0.1, -0.05) is 13.8 Å². The summed E-state index contributed by atoms with van der Waals surface area (Å²) < 4.78 is 13.1. The highest BCUT2D eigenvalue weighted by molar-refractivity contribution is 5.96. The maximum absolute atomic E-state index is 13.1. The van der Waals surface area contributed by atoms with Gasteiger partial charge in [0.05, 0.1) is 23.3 Å². The fourth-order valence-electron chi connectivity index (χ4n) is 4.72. The molecule has 1 amide bonds. The molecule has 0 aromatic carbocycles. The molecule has 4 heterocycles. The van der Waals surface area contributed by atoms with Gasteiger partial charge in [0, 0.05) is 24.0 Å². The van der Waals surface area contributed by atoms with E-state index < -0.39 is 5.95 Å². The van der Waals surface area contributed by atoms with Crippen molar-refractivity contribution in [1.82, 2.24) is 19.9 Å². The number of carbonyl (C=O) groups excluding carboxylic acids is 1. The Labute approximate surface area is 198 Å². The lowest BCUT2D eigenvalue weighted by Crippen LogP contribution is -2.41. The van der Waals surface area contributed by atoms with Crippen molar-refractivity contribution in [2.24, 2.45) is 0 Å². The topological polar surface area (TPSA) is 98.8 Å². The zero-order valence-corrected chi connectivity index (χ0v) is 19.6. The third-order valence-corrected chi connectivity index (χ3v) is 6.57. The van der Waals surface area contributed by atoms with Crippen LogP contribution >= 0.6 is 0 Å². The maximum Gasteiger partial charge on any atom is 0.247 e. The lowest BCUT2D eigenvalue weighted by molar-refractivity contribution is -0.117. The molecule has 1 unspecified atom stereocenters. The minimum Gasteiger partial charge on any atom is -0.363 e. The summed E-state index contributed by atoms with van der Waals surface area (Å²) in [7, 11) is 0. The van der Waals surface area contributed by atoms with Gasteiger partial charge in [-0.25, -0.2) is 9.97 Å². The van der Waals surface area contributed by atoms with Crippen molar-refractivity contribution in [3.8, 4) is 0 Å². The van der Waals surface area contributed by atoms with Gasteiger partial charge in [-0.3, -0.25) is 4.79 Å². The van der Waals surface area contributed by atoms with E-state index in [0.29, 0.717) is 30.5 Å². The van der Waals surface area contributed by atoms with E-state index >= 15 is 0 Å². The third kappa shape index (κ3) is 4.60. The molecule has 8 nitrogen and oxygen atoms in total. The van der Waals surface area contributed by atoms with Crippen molar-refractivity contribution < 1.29 is 9.18 Å². The average Bonchev–Trinajstić information content (AvgIpc) is 3.51. The molecule has 34 heavy (non-hydrogen) atoms. The van der Waals surface area contributed by atoms with Crippen LogP contribution in [0, 0.1) is 5.95 Å². The van der Waals surface area contributed by atoms with E-state index in [2.05, 4.69) is 40.5 Å². The SMILES string of the molecule is CC(C)c1cc(Nc2nc(N3CCCC3C(=O)Nc3ccc(F)nc3)nc3c2CCCC3)c[nH]1. The summed E-state index contributed by atoms with van der Waals surface area (Å²) in [6.07, 6.45) is 8.96. The fourth-order valence-corrected chi connectivity index (χ4v) is 4.72. The van der Waals surface area contributed by atoms with Gasteiger partial charge in [0.2, 0.25) is 17.8 Å². The molecule has 2 aliphatic rings. The number of nitrogens with one attached hydrogen (secondary N) is 3. The molecule has 9 heteroatoms. The predicted molar refractivity (Wildman–Crippen MR) is 130 cm³/mol. The number of fused-ring (bicyclic) bond motifs is 1. The van der Waals surface area contributed by atoms with Gasteiger partial charge < -0.3 is 20.5 Å². The van der Waals surface area contributed by atoms with E-state index in [4.69, 9.17) is 9.97 Å². The average molecular weight is 464 g/mol. The molecule has 0 saturated carbocycles. The third-order valence-electron chi connectivity index (χ3n) is 6.57. The number of hydrogen-bond acceptors (Lipinski definition) is 6. The second kappa shape index (κ2) is 9.40. The number of H-pyrrole nitrogens is 1. The summed E-state index contributed by atoms with van der Waals surface area (Å²) >= 11 is 0. The zero-order chi connectivity index (χ0) is 23.7. The summed E-state index contributed by atoms with van der Waals surface area (Å²) in [6.45, 7) is 5.02. The van der Waals surface area contributed by atoms with Crippen LogP contribution < -0.4 is 15.5 Å². The van der Waals surface area contributed by atoms with Crippen LogP contribution in [0.5, 0.6) is 0 Å². The highest BCUT2D eigenvalue weighted by atomic mass is 19.1. The molecule has 1 aliphatic heterocycles. The number of hydrogen-bond donors (Lipinski definition) is 3. The summed E-state index contributed by atoms with van der Waals surface area (Å²) in [6, 6.07) is 4.47. The Morgan fingerprint density at radius 1 is 1.18 bits per heavy atom. The smallest absolute Gasteiger partial charge is 0.247 e. The van der Waals surface area contributed by atoms with Crippen LogP contribution in [0.1, 0.15) is 62.4 Å². The highest BCUT2D eigenvalue weighted by Gasteiger charge is 2.34. The van der Waals surface area contributed by atoms with Crippen LogP contribution in [-0.4, -0.2) is 38.4 Å². The Hall–Kier alpha value is -3.49. The van der Waals surface area contributed by atoms with Crippen molar-refractivity contribution in [2.75, 3.05) is 22.1 Å². The number of aromatic amines is 1. The van der Waals surface area contributed by atoms with Gasteiger partial charge in [-0.2, -0.15) is 9.37 Å². The molecule has 0 spiro atoms. The molecule has 1 saturated heterocycles. The number of anilines is 4. The van der Waals surface area contributed by atoms with Crippen LogP contribution in [0.15, 0.2) is 30.6 Å². The second-order valence-corrected chi connectivity index (χ2v) is 9.34. The Morgan fingerprint density at radius 3 is 2.79 bits per heavy atom. The van der Waals surface area contributed by atoms with Crippen molar-refractivity contribution >= 4 is 29.0 Å². The zero-order valence-electron chi connectivity index (χ0n) is 19.6. The first-order chi connectivity index (χ1) is 16.5. The Balaban J connectivity index is 1.42. The van der Waals surface area contributed by atoms with Crippen LogP contribution in [0.4, 0.5) is 27.5 Å². The summed E-state index contributed by atoms with van der Waals surface area (Å²) in [5, 5.41) is 6.36. The molecule has 0 bridgehead atoms. The maximum atomic E-state index is 13.1. The number of rotatable bonds is 6. The van der Waals surface area contributed by atoms with Gasteiger partial charge >= 0.3 is 0 Å². The molecule has 178 valence electrons. The molecular formula is C25H30FN7O. The number of pyridine rings is 1. The molecule has 1 atom stereocenters. The van der Waals surface area contributed by atoms with E-state index in [0.717, 1.165) is 55.0 Å². The monoisotopic (exact) mass is 463 g/mol. The number of amides is 1. The predicted octanol–water partition coefficient (Wildman–Crippen LogP) is 4.69. The normalized spacial score (nSPS) is 17.6. The number of aromatic nitrogens is 4. The molecule has 3 aromatic heterocycles. The van der Waals surface area contributed by atoms with E-state index in [1.165, 1.54) is 23.9 Å². The van der Waals surface area contributed by atoms with E-state index in [1.54, 1.807) is 0 Å². The van der Waals surface area contributed by atoms with Gasteiger partial charge in [0.1, 0.15) is 11.9 Å². The molecule has 3 N–H and O–H groups in total. The van der Waals surface area contributed by atoms with Crippen molar-refractivity contribution in [3.63, 3.8) is 0 Å². The van der Waals surface area contributed by atoms with E-state index in [9.17, 15) is 9.18 Å². The largest absolute Gasteiger partial charge is 0.363 e. The van der Waals surface area contributed by atoms with Gasteiger partial charge in [0.25, 0.3) is 0 Å². The number of carbonyl (C=O) groups is 1. The van der Waals surface area contributed by atoms with Gasteiger partial charge in [0.15, 0.2) is 0 Å². The van der Waals surface area contributed by atoms with Crippen LogP contribution in [0.2, 0.25) is 0 Å². The Bertz CT molecular complexity index is 1170. The van der Waals surface area contributed by atoms with E-state index in [-0.39, 0.29) is 11.9 Å². The fraction of sp³-hybridized carbons (Fsp3) is 0.440. The van der Waals surface area contributed by atoms with Crippen molar-refractivity contribution in [1.29, 1.82) is 0 Å². The second-order valence-electron chi connectivity index (χ2n) is 9.34. The number of halogens is 1. The first-order valence-electron chi connectivity index (χ1n) is 12.0. The van der Waals surface area contributed by atoms with Crippen LogP contribution in [0.25, 0.3) is 0 Å². The molecule has 1 aliphatic carbocycles. The van der Waals surface area contributed by atoms with Crippen molar-refractivity contribution in [3.05, 3.63) is 53.5 Å². The minimum atomic E-state index is -0.578. The summed E-state index contributed by atoms with van der Waals surface area (Å²) in [5.41, 5.74) is 4.84. The molecule has 1 fully saturated rings. The molecular weight excluding hydrogens is 433 g/mol. The van der Waals surface area contributed by atoms with Crippen LogP contribution in [-0.2, 0) is 17.6 Å². The standard InChI is InChI=1S/C25H30FN7O/c1-15(2)20-12-17(14-27-20)29-23-18-6-3-4-7-19(18)31-25(32-23)33-11-5-8-21(33)24(34)30-16-9-10-22(26)28-13-16/h9-10,12-15,21,27H,3-8,11H2,1-2H3,(H,30,34)(H,29,31,32). The Kier molecular flexibility index (Phi) is 6.17. The number of aryl methyl sites for hydroxylation is 1. The molecule has 5 rings (SSSR count). The van der Waals surface area contributed by atoms with Crippen LogP contribution in [0.3, 0.4) is 0 Å². The lowest BCUT2D eigenvalue weighted by atomic mass is 9.96. The number of nitrogens with zero attached hydrogens (tertiary/aromatic N) is 4. The minimum absolute atomic E-state index is 0.158. The summed E-state index contributed by atoms with van der Waals surface area (Å²) in [5.74, 6) is 1.07. The molecule has 0 radical (unpaired) electrons. The Morgan fingerprint density at radius 2 is 2.03 bits per heavy atom. The highest BCUT2D eigenvalue weighted by Crippen LogP contribution is 2.32.